The molecule has 1 aliphatic rings. The number of phosphoric acid groups is 1. The van der Waals surface area contributed by atoms with Crippen molar-refractivity contribution in [2.45, 2.75) is 332 Å². The third kappa shape index (κ3) is 35.2. The third-order valence-electron chi connectivity index (χ3n) is 14.2. The SMILES string of the molecule is CCCCCCCCCCCCCCCCCCCCCCCCCC(=O)N[C@@H](COP(=O)(O)OC1C(O)C(O)C(O)[C@@H](O)C1O)[C@H](O)CCCCCCCCCCCCCCCCCCC. The zero-order chi connectivity index (χ0) is 49.2. The molecule has 0 aromatic heterocycles. The van der Waals surface area contributed by atoms with Gasteiger partial charge in [0.1, 0.15) is 36.6 Å². The maximum Gasteiger partial charge on any atom is 0.472 e. The van der Waals surface area contributed by atoms with Crippen LogP contribution in [0.4, 0.5) is 0 Å². The summed E-state index contributed by atoms with van der Waals surface area (Å²) in [6.45, 7) is 3.94. The van der Waals surface area contributed by atoms with Crippen LogP contribution in [0.3, 0.4) is 0 Å². The van der Waals surface area contributed by atoms with Gasteiger partial charge in [-0.3, -0.25) is 13.8 Å². The number of hydrogen-bond donors (Lipinski definition) is 8. The van der Waals surface area contributed by atoms with Gasteiger partial charge in [0.25, 0.3) is 0 Å². The van der Waals surface area contributed by atoms with Gasteiger partial charge < -0.3 is 40.8 Å². The van der Waals surface area contributed by atoms with Crippen molar-refractivity contribution in [3.05, 3.63) is 0 Å². The number of unbranched alkanes of at least 4 members (excludes halogenated alkanes) is 38. The minimum atomic E-state index is -5.06. The van der Waals surface area contributed by atoms with Gasteiger partial charge in [-0.2, -0.15) is 0 Å². The van der Waals surface area contributed by atoms with E-state index in [0.29, 0.717) is 19.3 Å². The zero-order valence-electron chi connectivity index (χ0n) is 43.2. The lowest BCUT2D eigenvalue weighted by atomic mass is 9.85. The van der Waals surface area contributed by atoms with Gasteiger partial charge in [0, 0.05) is 6.42 Å². The highest BCUT2D eigenvalue weighted by molar-refractivity contribution is 7.47. The second-order valence-electron chi connectivity index (χ2n) is 20.5. The minimum absolute atomic E-state index is 0.243. The van der Waals surface area contributed by atoms with Crippen molar-refractivity contribution in [1.82, 2.24) is 5.32 Å². The van der Waals surface area contributed by atoms with E-state index in [1.165, 1.54) is 205 Å². The molecule has 0 saturated heterocycles. The van der Waals surface area contributed by atoms with Crippen LogP contribution in [-0.2, 0) is 18.4 Å². The molecule has 13 heteroatoms. The van der Waals surface area contributed by atoms with Gasteiger partial charge >= 0.3 is 7.82 Å². The van der Waals surface area contributed by atoms with Crippen LogP contribution in [0.25, 0.3) is 0 Å². The fraction of sp³-hybridized carbons (Fsp3) is 0.981. The lowest BCUT2D eigenvalue weighted by Crippen LogP contribution is -2.64. The largest absolute Gasteiger partial charge is 0.472 e. The summed E-state index contributed by atoms with van der Waals surface area (Å²) in [7, 11) is -5.06. The summed E-state index contributed by atoms with van der Waals surface area (Å²) < 4.78 is 23.1. The molecular formula is C54H108NO11P. The molecule has 67 heavy (non-hydrogen) atoms. The molecule has 12 nitrogen and oxygen atoms in total. The summed E-state index contributed by atoms with van der Waals surface area (Å²) in [5, 5.41) is 64.4. The monoisotopic (exact) mass is 978 g/mol. The van der Waals surface area contributed by atoms with Crippen molar-refractivity contribution in [3.8, 4) is 0 Å². The number of carbonyl (C=O) groups is 1. The van der Waals surface area contributed by atoms with Crippen LogP contribution in [0.15, 0.2) is 0 Å². The number of aliphatic hydroxyl groups excluding tert-OH is 6. The molecule has 0 spiro atoms. The van der Waals surface area contributed by atoms with Crippen molar-refractivity contribution in [1.29, 1.82) is 0 Å². The van der Waals surface area contributed by atoms with Crippen LogP contribution in [0, 0.1) is 0 Å². The Hall–Kier alpha value is -0.660. The first-order chi connectivity index (χ1) is 32.4. The van der Waals surface area contributed by atoms with Crippen LogP contribution >= 0.6 is 7.82 Å². The molecule has 0 aromatic carbocycles. The van der Waals surface area contributed by atoms with E-state index < -0.39 is 63.2 Å². The maximum atomic E-state index is 13.1. The summed E-state index contributed by atoms with van der Waals surface area (Å²) in [6, 6.07) is -1.03. The fourth-order valence-electron chi connectivity index (χ4n) is 9.56. The molecule has 0 bridgehead atoms. The van der Waals surface area contributed by atoms with Crippen molar-refractivity contribution in [2.75, 3.05) is 6.61 Å². The normalized spacial score (nSPS) is 21.6. The van der Waals surface area contributed by atoms with Crippen LogP contribution in [-0.4, -0.2) is 96.8 Å². The zero-order valence-corrected chi connectivity index (χ0v) is 44.1. The summed E-state index contributed by atoms with van der Waals surface area (Å²) in [5.74, 6) is -0.300. The van der Waals surface area contributed by atoms with Gasteiger partial charge in [-0.25, -0.2) is 4.57 Å². The van der Waals surface area contributed by atoms with Crippen molar-refractivity contribution in [3.63, 3.8) is 0 Å². The molecule has 0 aliphatic heterocycles. The third-order valence-corrected chi connectivity index (χ3v) is 15.2. The highest BCUT2D eigenvalue weighted by Gasteiger charge is 2.51. The molecule has 6 unspecified atom stereocenters. The molecule has 1 aliphatic carbocycles. The van der Waals surface area contributed by atoms with Gasteiger partial charge in [0.05, 0.1) is 18.8 Å². The highest BCUT2D eigenvalue weighted by Crippen LogP contribution is 2.47. The quantitative estimate of drug-likeness (QED) is 0.0213. The molecule has 1 saturated carbocycles. The lowest BCUT2D eigenvalue weighted by molar-refractivity contribution is -0.220. The first kappa shape index (κ1) is 64.4. The van der Waals surface area contributed by atoms with Gasteiger partial charge in [-0.05, 0) is 12.8 Å². The number of hydrogen-bond acceptors (Lipinski definition) is 10. The van der Waals surface area contributed by atoms with E-state index in [4.69, 9.17) is 9.05 Å². The van der Waals surface area contributed by atoms with Gasteiger partial charge in [-0.15, -0.1) is 0 Å². The molecular weight excluding hydrogens is 870 g/mol. The maximum absolute atomic E-state index is 13.1. The van der Waals surface area contributed by atoms with Gasteiger partial charge in [-0.1, -0.05) is 264 Å². The number of amides is 1. The Morgan fingerprint density at radius 2 is 0.716 bits per heavy atom. The first-order valence-corrected chi connectivity index (χ1v) is 30.0. The number of nitrogens with one attached hydrogen (secondary N) is 1. The van der Waals surface area contributed by atoms with E-state index in [-0.39, 0.29) is 12.3 Å². The van der Waals surface area contributed by atoms with Crippen molar-refractivity contribution in [2.24, 2.45) is 0 Å². The Bertz CT molecular complexity index is 1140. The van der Waals surface area contributed by atoms with Gasteiger partial charge in [0.15, 0.2) is 0 Å². The Morgan fingerprint density at radius 3 is 1.03 bits per heavy atom. The minimum Gasteiger partial charge on any atom is -0.391 e. The van der Waals surface area contributed by atoms with E-state index in [1.807, 2.05) is 0 Å². The Morgan fingerprint density at radius 1 is 0.448 bits per heavy atom. The van der Waals surface area contributed by atoms with Gasteiger partial charge in [0.2, 0.25) is 5.91 Å². The van der Waals surface area contributed by atoms with E-state index >= 15 is 0 Å². The average molecular weight is 978 g/mol. The number of carbonyl (C=O) groups excluding carboxylic acids is 1. The predicted octanol–water partition coefficient (Wildman–Crippen LogP) is 12.6. The topological polar surface area (TPSA) is 206 Å². The van der Waals surface area contributed by atoms with E-state index in [9.17, 15) is 44.9 Å². The van der Waals surface area contributed by atoms with Crippen molar-refractivity contribution < 1.29 is 53.9 Å². The van der Waals surface area contributed by atoms with E-state index in [0.717, 1.165) is 38.5 Å². The summed E-state index contributed by atoms with van der Waals surface area (Å²) in [5.41, 5.74) is 0. The molecule has 0 heterocycles. The molecule has 1 rings (SSSR count). The van der Waals surface area contributed by atoms with Crippen LogP contribution in [0.5, 0.6) is 0 Å². The number of phosphoric ester groups is 1. The number of rotatable bonds is 49. The first-order valence-electron chi connectivity index (χ1n) is 28.5. The van der Waals surface area contributed by atoms with Crippen LogP contribution < -0.4 is 5.32 Å². The smallest absolute Gasteiger partial charge is 0.391 e. The van der Waals surface area contributed by atoms with Crippen LogP contribution in [0.2, 0.25) is 0 Å². The molecule has 1 amide bonds. The summed E-state index contributed by atoms with van der Waals surface area (Å²) in [6.07, 6.45) is 38.5. The second-order valence-corrected chi connectivity index (χ2v) is 21.9. The van der Waals surface area contributed by atoms with E-state index in [2.05, 4.69) is 19.2 Å². The predicted molar refractivity (Wildman–Crippen MR) is 274 cm³/mol. The molecule has 0 radical (unpaired) electrons. The van der Waals surface area contributed by atoms with E-state index in [1.54, 1.807) is 0 Å². The summed E-state index contributed by atoms with van der Waals surface area (Å²) >= 11 is 0. The van der Waals surface area contributed by atoms with Crippen molar-refractivity contribution >= 4 is 13.7 Å². The molecule has 1 fully saturated rings. The molecule has 400 valence electrons. The summed E-state index contributed by atoms with van der Waals surface area (Å²) in [4.78, 5) is 23.6. The van der Waals surface area contributed by atoms with Crippen LogP contribution in [0.1, 0.15) is 284 Å². The second kappa shape index (κ2) is 44.1. The average Bonchev–Trinajstić information content (AvgIpc) is 3.31. The Kier molecular flexibility index (Phi) is 42.3. The lowest BCUT2D eigenvalue weighted by Gasteiger charge is -2.41. The fourth-order valence-corrected chi connectivity index (χ4v) is 10.5. The Labute approximate surface area is 410 Å². The molecule has 9 atom stereocenters. The molecule has 0 aromatic rings. The molecule has 8 N–H and O–H groups in total. The number of aliphatic hydroxyl groups is 6. The highest BCUT2D eigenvalue weighted by atomic mass is 31.2. The Balaban J connectivity index is 2.32. The standard InChI is InChI=1S/C54H108NO11P/c1-3-5-7-9-11-13-15-17-19-21-22-23-24-25-26-28-30-32-34-36-38-40-42-44-48(57)55-46(45-65-67(63,64)66-54-52(61)50(59)49(58)51(60)53(54)62)47(56)43-41-39-37-35-33-31-29-27-20-18-16-14-12-10-8-6-4-2/h46-47,49-54,56,58-62H,3-45H2,1-2H3,(H,55,57)(H,63,64)/t46-,47+,49?,50+,51?,52?,53?,54?/m0/s1.